The van der Waals surface area contributed by atoms with Crippen molar-refractivity contribution in [1.29, 1.82) is 0 Å². The minimum absolute atomic E-state index is 0.0642. The molecule has 1 aromatic rings. The molecule has 0 fully saturated rings. The summed E-state index contributed by atoms with van der Waals surface area (Å²) in [5.74, 6) is 0. The van der Waals surface area contributed by atoms with Crippen LogP contribution in [0.25, 0.3) is 0 Å². The van der Waals surface area contributed by atoms with Crippen molar-refractivity contribution in [1.82, 2.24) is 10.3 Å². The fourth-order valence-corrected chi connectivity index (χ4v) is 2.01. The predicted octanol–water partition coefficient (Wildman–Crippen LogP) is 1.45. The van der Waals surface area contributed by atoms with E-state index in [1.165, 1.54) is 0 Å². The Labute approximate surface area is 94.0 Å². The molecule has 0 saturated carbocycles. The van der Waals surface area contributed by atoms with Gasteiger partial charge in [-0.15, -0.1) is 0 Å². The number of oxime groups is 1. The Kier molecular flexibility index (Phi) is 2.42. The first-order valence-electron chi connectivity index (χ1n) is 5.53. The van der Waals surface area contributed by atoms with Crippen LogP contribution in [0.3, 0.4) is 0 Å². The third-order valence-corrected chi connectivity index (χ3v) is 2.83. The van der Waals surface area contributed by atoms with Gasteiger partial charge in [-0.2, -0.15) is 0 Å². The van der Waals surface area contributed by atoms with Gasteiger partial charge in [0.2, 0.25) is 6.23 Å². The molecule has 0 bridgehead atoms. The number of rotatable bonds is 1. The zero-order valence-corrected chi connectivity index (χ0v) is 8.89. The van der Waals surface area contributed by atoms with Crippen LogP contribution < -0.4 is 5.32 Å². The van der Waals surface area contributed by atoms with Crippen molar-refractivity contribution < 1.29 is 4.84 Å². The quantitative estimate of drug-likeness (QED) is 0.771. The highest BCUT2D eigenvalue weighted by molar-refractivity contribution is 6.13. The molecule has 0 aliphatic carbocycles. The lowest BCUT2D eigenvalue weighted by Crippen LogP contribution is -2.30. The van der Waals surface area contributed by atoms with Crippen LogP contribution in [0.5, 0.6) is 0 Å². The van der Waals surface area contributed by atoms with Gasteiger partial charge in [-0.1, -0.05) is 11.2 Å². The van der Waals surface area contributed by atoms with Gasteiger partial charge in [-0.25, -0.2) is 0 Å². The summed E-state index contributed by atoms with van der Waals surface area (Å²) in [6.45, 7) is 0.976. The first-order valence-corrected chi connectivity index (χ1v) is 5.53. The molecule has 1 N–H and O–H groups in total. The Morgan fingerprint density at radius 2 is 2.19 bits per heavy atom. The summed E-state index contributed by atoms with van der Waals surface area (Å²) in [6, 6.07) is 3.91. The highest BCUT2D eigenvalue weighted by atomic mass is 16.7. The van der Waals surface area contributed by atoms with E-state index in [2.05, 4.69) is 21.5 Å². The molecule has 1 atom stereocenters. The van der Waals surface area contributed by atoms with Crippen molar-refractivity contribution in [2.75, 3.05) is 6.54 Å². The zero-order valence-electron chi connectivity index (χ0n) is 8.89. The molecule has 2 aliphatic heterocycles. The SMILES string of the molecule is C1=C2C(c3ccncc3)=NO[C@H]2NCCC1. The number of nitrogens with one attached hydrogen (secondary N) is 1. The van der Waals surface area contributed by atoms with Gasteiger partial charge in [0, 0.05) is 23.5 Å². The molecule has 4 nitrogen and oxygen atoms in total. The predicted molar refractivity (Wildman–Crippen MR) is 61.0 cm³/mol. The first kappa shape index (κ1) is 9.54. The summed E-state index contributed by atoms with van der Waals surface area (Å²) in [5, 5.41) is 7.47. The van der Waals surface area contributed by atoms with Gasteiger partial charge in [0.05, 0.1) is 0 Å². The second-order valence-corrected chi connectivity index (χ2v) is 3.92. The van der Waals surface area contributed by atoms with Gasteiger partial charge < -0.3 is 4.84 Å². The number of hydrogen-bond acceptors (Lipinski definition) is 4. The average molecular weight is 215 g/mol. The van der Waals surface area contributed by atoms with E-state index in [1.54, 1.807) is 12.4 Å². The minimum atomic E-state index is -0.0642. The van der Waals surface area contributed by atoms with Crippen LogP contribution in [0.2, 0.25) is 0 Å². The van der Waals surface area contributed by atoms with Crippen molar-refractivity contribution in [3.63, 3.8) is 0 Å². The van der Waals surface area contributed by atoms with Crippen LogP contribution in [-0.2, 0) is 4.84 Å². The molecule has 2 aliphatic rings. The normalized spacial score (nSPS) is 23.9. The van der Waals surface area contributed by atoms with Crippen molar-refractivity contribution in [3.05, 3.63) is 41.7 Å². The average Bonchev–Trinajstić information content (AvgIpc) is 2.60. The molecule has 3 rings (SSSR count). The fraction of sp³-hybridized carbons (Fsp3) is 0.333. The molecule has 1 aromatic heterocycles. The van der Waals surface area contributed by atoms with Gasteiger partial charge in [-0.05, 0) is 31.5 Å². The maximum atomic E-state index is 5.39. The summed E-state index contributed by atoms with van der Waals surface area (Å²) in [6.07, 6.45) is 7.92. The molecule has 16 heavy (non-hydrogen) atoms. The van der Waals surface area contributed by atoms with Crippen LogP contribution >= 0.6 is 0 Å². The Morgan fingerprint density at radius 3 is 3.06 bits per heavy atom. The molecule has 82 valence electrons. The third-order valence-electron chi connectivity index (χ3n) is 2.83. The fourth-order valence-electron chi connectivity index (χ4n) is 2.01. The first-order chi connectivity index (χ1) is 7.95. The van der Waals surface area contributed by atoms with Gasteiger partial charge in [0.1, 0.15) is 5.71 Å². The van der Waals surface area contributed by atoms with Crippen LogP contribution in [0.15, 0.2) is 41.3 Å². The maximum Gasteiger partial charge on any atom is 0.206 e. The van der Waals surface area contributed by atoms with E-state index < -0.39 is 0 Å². The number of pyridine rings is 1. The maximum absolute atomic E-state index is 5.39. The standard InChI is InChI=1S/C12H13N3O/c1-2-6-14-12-10(3-1)11(15-16-12)9-4-7-13-8-5-9/h3-5,7-8,12,14H,1-2,6H2/t12-/m1/s1. The van der Waals surface area contributed by atoms with Crippen molar-refractivity contribution in [3.8, 4) is 0 Å². The Balaban J connectivity index is 1.95. The third kappa shape index (κ3) is 1.61. The molecular formula is C12H13N3O. The summed E-state index contributed by atoms with van der Waals surface area (Å²) in [5.41, 5.74) is 3.15. The summed E-state index contributed by atoms with van der Waals surface area (Å²) < 4.78 is 0. The number of allylic oxidation sites excluding steroid dienone is 1. The molecule has 3 heterocycles. The number of hydrogen-bond donors (Lipinski definition) is 1. The minimum Gasteiger partial charge on any atom is -0.371 e. The van der Waals surface area contributed by atoms with E-state index in [1.807, 2.05) is 12.1 Å². The highest BCUT2D eigenvalue weighted by Gasteiger charge is 2.28. The number of fused-ring (bicyclic) bond motifs is 1. The van der Waals surface area contributed by atoms with E-state index in [0.717, 1.165) is 36.2 Å². The van der Waals surface area contributed by atoms with Crippen molar-refractivity contribution >= 4 is 5.71 Å². The van der Waals surface area contributed by atoms with Crippen molar-refractivity contribution in [2.45, 2.75) is 19.1 Å². The van der Waals surface area contributed by atoms with E-state index in [0.29, 0.717) is 0 Å². The largest absolute Gasteiger partial charge is 0.371 e. The van der Waals surface area contributed by atoms with Crippen LogP contribution in [-0.4, -0.2) is 23.5 Å². The number of nitrogens with zero attached hydrogens (tertiary/aromatic N) is 2. The van der Waals surface area contributed by atoms with Gasteiger partial charge in [0.15, 0.2) is 0 Å². The van der Waals surface area contributed by atoms with E-state index in [-0.39, 0.29) is 6.23 Å². The molecule has 0 saturated heterocycles. The van der Waals surface area contributed by atoms with Gasteiger partial charge >= 0.3 is 0 Å². The van der Waals surface area contributed by atoms with E-state index in [4.69, 9.17) is 4.84 Å². The number of aromatic nitrogens is 1. The lowest BCUT2D eigenvalue weighted by molar-refractivity contribution is 0.0808. The Bertz CT molecular complexity index is 439. The summed E-state index contributed by atoms with van der Waals surface area (Å²) in [7, 11) is 0. The lowest BCUT2D eigenvalue weighted by Gasteiger charge is -2.09. The zero-order chi connectivity index (χ0) is 10.8. The molecule has 0 spiro atoms. The molecule has 0 radical (unpaired) electrons. The van der Waals surface area contributed by atoms with Gasteiger partial charge in [0.25, 0.3) is 0 Å². The molecular weight excluding hydrogens is 202 g/mol. The summed E-state index contributed by atoms with van der Waals surface area (Å²) in [4.78, 5) is 9.40. The smallest absolute Gasteiger partial charge is 0.206 e. The molecule has 0 aromatic carbocycles. The molecule has 4 heteroatoms. The second-order valence-electron chi connectivity index (χ2n) is 3.92. The van der Waals surface area contributed by atoms with E-state index >= 15 is 0 Å². The van der Waals surface area contributed by atoms with Crippen LogP contribution in [0, 0.1) is 0 Å². The Morgan fingerprint density at radius 1 is 1.31 bits per heavy atom. The van der Waals surface area contributed by atoms with Crippen LogP contribution in [0.4, 0.5) is 0 Å². The lowest BCUT2D eigenvalue weighted by atomic mass is 10.0. The molecule has 0 unspecified atom stereocenters. The van der Waals surface area contributed by atoms with E-state index in [9.17, 15) is 0 Å². The van der Waals surface area contributed by atoms with Crippen molar-refractivity contribution in [2.24, 2.45) is 5.16 Å². The Hall–Kier alpha value is -1.68. The van der Waals surface area contributed by atoms with Crippen LogP contribution in [0.1, 0.15) is 18.4 Å². The summed E-state index contributed by atoms with van der Waals surface area (Å²) >= 11 is 0. The highest BCUT2D eigenvalue weighted by Crippen LogP contribution is 2.23. The van der Waals surface area contributed by atoms with Gasteiger partial charge in [-0.3, -0.25) is 10.3 Å². The second kappa shape index (κ2) is 4.06. The topological polar surface area (TPSA) is 46.5 Å². The molecule has 0 amide bonds. The monoisotopic (exact) mass is 215 g/mol.